The Morgan fingerprint density at radius 3 is 2.11 bits per heavy atom. The maximum absolute atomic E-state index is 15.5. The number of fused-ring (bicyclic) bond motifs is 5. The Morgan fingerprint density at radius 2 is 1.56 bits per heavy atom. The number of esters is 4. The van der Waals surface area contributed by atoms with Crippen LogP contribution in [0.4, 0.5) is 9.59 Å². The molecule has 2 heterocycles. The van der Waals surface area contributed by atoms with Gasteiger partial charge in [-0.15, -0.1) is 0 Å². The second-order valence-corrected chi connectivity index (χ2v) is 19.8. The highest BCUT2D eigenvalue weighted by atomic mass is 16.8. The first-order chi connectivity index (χ1) is 28.2. The van der Waals surface area contributed by atoms with Gasteiger partial charge in [0.2, 0.25) is 6.10 Å². The van der Waals surface area contributed by atoms with Crippen molar-refractivity contribution in [2.75, 3.05) is 13.7 Å². The zero-order valence-corrected chi connectivity index (χ0v) is 36.9. The Morgan fingerprint density at radius 1 is 0.918 bits per heavy atom. The third kappa shape index (κ3) is 7.57. The second kappa shape index (κ2) is 15.8. The van der Waals surface area contributed by atoms with Crippen LogP contribution in [0, 0.1) is 28.1 Å². The third-order valence-corrected chi connectivity index (χ3v) is 14.2. The normalized spacial score (nSPS) is 37.9. The molecule has 61 heavy (non-hydrogen) atoms. The van der Waals surface area contributed by atoms with Gasteiger partial charge in [0.05, 0.1) is 48.5 Å². The van der Waals surface area contributed by atoms with Crippen LogP contribution in [0.15, 0.2) is 11.1 Å². The minimum atomic E-state index is -2.37. The van der Waals surface area contributed by atoms with Crippen LogP contribution >= 0.6 is 0 Å². The maximum atomic E-state index is 15.5. The molecule has 2 saturated heterocycles. The Labute approximate surface area is 355 Å². The van der Waals surface area contributed by atoms with E-state index in [2.05, 4.69) is 5.32 Å². The van der Waals surface area contributed by atoms with E-state index in [1.807, 2.05) is 0 Å². The van der Waals surface area contributed by atoms with Crippen molar-refractivity contribution in [3.05, 3.63) is 11.1 Å². The zero-order chi connectivity index (χ0) is 45.4. The largest absolute Gasteiger partial charge is 0.508 e. The minimum absolute atomic E-state index is 0.00642. The number of nitrogens with one attached hydrogen (secondary N) is 1. The first kappa shape index (κ1) is 46.2. The molecular weight excluding hydrogens is 802 g/mol. The van der Waals surface area contributed by atoms with Crippen LogP contribution in [0.25, 0.3) is 0 Å². The lowest BCUT2D eigenvalue weighted by molar-refractivity contribution is -0.346. The number of rotatable bonds is 7. The van der Waals surface area contributed by atoms with Crippen molar-refractivity contribution >= 4 is 41.9 Å². The smallest absolute Gasteiger partial charge is 0.459 e. The number of ether oxygens (including phenoxy) is 8. The molecule has 2 bridgehead atoms. The van der Waals surface area contributed by atoms with E-state index in [-0.39, 0.29) is 24.2 Å². The molecule has 3 N–H and O–H groups in total. The molecule has 11 atom stereocenters. The van der Waals surface area contributed by atoms with Gasteiger partial charge < -0.3 is 53.4 Å². The topological polar surface area (TPSA) is 246 Å². The predicted octanol–water partition coefficient (Wildman–Crippen LogP) is 3.53. The van der Waals surface area contributed by atoms with Crippen LogP contribution < -0.4 is 5.32 Å². The molecule has 18 heteroatoms. The summed E-state index contributed by atoms with van der Waals surface area (Å²) < 4.78 is 46.3. The summed E-state index contributed by atoms with van der Waals surface area (Å²) in [6, 6.07) is -1.29. The first-order valence-corrected chi connectivity index (χ1v) is 21.0. The molecule has 0 aromatic heterocycles. The van der Waals surface area contributed by atoms with E-state index in [9.17, 15) is 39.0 Å². The van der Waals surface area contributed by atoms with Crippen molar-refractivity contribution in [1.82, 2.24) is 5.32 Å². The van der Waals surface area contributed by atoms with Gasteiger partial charge in [0.15, 0.2) is 17.5 Å². The van der Waals surface area contributed by atoms with E-state index in [0.717, 1.165) is 33.3 Å². The molecule has 3 unspecified atom stereocenters. The van der Waals surface area contributed by atoms with Crippen LogP contribution in [0.1, 0.15) is 114 Å². The van der Waals surface area contributed by atoms with Crippen LogP contribution in [0.2, 0.25) is 0 Å². The molecule has 6 aliphatic rings. The molecule has 2 aliphatic heterocycles. The number of alkyl carbamates (subject to hydrolysis) is 1. The Hall–Kier alpha value is -4.29. The average molecular weight is 864 g/mol. The third-order valence-electron chi connectivity index (χ3n) is 14.2. The van der Waals surface area contributed by atoms with Gasteiger partial charge in [-0.05, 0) is 72.5 Å². The first-order valence-electron chi connectivity index (χ1n) is 21.0. The number of methoxy groups -OCH3 is 1. The summed E-state index contributed by atoms with van der Waals surface area (Å²) in [6.07, 6.45) is -8.95. The van der Waals surface area contributed by atoms with E-state index in [0.29, 0.717) is 12.8 Å². The summed E-state index contributed by atoms with van der Waals surface area (Å²) in [7, 11) is 1.08. The highest BCUT2D eigenvalue weighted by molar-refractivity contribution is 5.95. The minimum Gasteiger partial charge on any atom is -0.459 e. The predicted molar refractivity (Wildman–Crippen MR) is 208 cm³/mol. The molecule has 0 spiro atoms. The number of carbonyl (C=O) groups excluding carboxylic acids is 7. The zero-order valence-electron chi connectivity index (χ0n) is 36.9. The van der Waals surface area contributed by atoms with Crippen LogP contribution in [0.5, 0.6) is 0 Å². The average Bonchev–Trinajstić information content (AvgIpc) is 3.38. The van der Waals surface area contributed by atoms with Crippen molar-refractivity contribution in [2.24, 2.45) is 28.1 Å². The fourth-order valence-electron chi connectivity index (χ4n) is 10.7. The molecule has 0 radical (unpaired) electrons. The number of cyclic esters (lactones) is 1. The number of hydrogen-bond acceptors (Lipinski definition) is 17. The van der Waals surface area contributed by atoms with E-state index in [4.69, 9.17) is 37.9 Å². The van der Waals surface area contributed by atoms with Crippen molar-refractivity contribution in [2.45, 2.75) is 174 Å². The molecule has 4 aliphatic carbocycles. The number of ketones is 1. The molecule has 6 rings (SSSR count). The number of carbonyl (C=O) groups is 7. The molecule has 340 valence electrons. The number of hydrogen-bond donors (Lipinski definition) is 3. The van der Waals surface area contributed by atoms with Crippen molar-refractivity contribution in [3.8, 4) is 0 Å². The Balaban J connectivity index is 1.53. The van der Waals surface area contributed by atoms with E-state index in [1.165, 1.54) is 27.7 Å². The second-order valence-electron chi connectivity index (χ2n) is 19.8. The van der Waals surface area contributed by atoms with Gasteiger partial charge in [0.1, 0.15) is 29.5 Å². The van der Waals surface area contributed by atoms with Gasteiger partial charge in [-0.2, -0.15) is 0 Å². The van der Waals surface area contributed by atoms with E-state index in [1.54, 1.807) is 34.6 Å². The van der Waals surface area contributed by atoms with Crippen LogP contribution in [-0.2, 0) is 61.9 Å². The van der Waals surface area contributed by atoms with Gasteiger partial charge in [-0.1, -0.05) is 33.1 Å². The summed E-state index contributed by atoms with van der Waals surface area (Å²) >= 11 is 0. The SMILES string of the molecule is COC(=O)O[C@@]12CO[C@@H]1CC(O)[C@@]1(C)C(=O)[C@H](OC(C)=O)C3=C(C)[C@H](OC(=O)C4OC(=O)C(C)(C)[C@@H]4NC(=O)OC(C)(C)C)C[C@@](O)([C@@H](OC(=O)C4CCCCC4)C12)C3(C)C. The number of aliphatic hydroxyl groups excluding tert-OH is 1. The van der Waals surface area contributed by atoms with Crippen molar-refractivity contribution < 1.29 is 81.7 Å². The van der Waals surface area contributed by atoms with E-state index >= 15 is 4.79 Å². The monoisotopic (exact) mass is 863 g/mol. The lowest BCUT2D eigenvalue weighted by Gasteiger charge is -2.67. The molecule has 0 aromatic rings. The molecule has 0 aromatic carbocycles. The van der Waals surface area contributed by atoms with Gasteiger partial charge in [0.25, 0.3) is 0 Å². The van der Waals surface area contributed by atoms with Gasteiger partial charge in [-0.3, -0.25) is 19.2 Å². The Kier molecular flexibility index (Phi) is 12.0. The molecule has 5 fully saturated rings. The molecule has 3 saturated carbocycles. The summed E-state index contributed by atoms with van der Waals surface area (Å²) in [5.74, 6) is -6.57. The maximum Gasteiger partial charge on any atom is 0.508 e. The summed E-state index contributed by atoms with van der Waals surface area (Å²) in [4.78, 5) is 96.6. The van der Waals surface area contributed by atoms with Crippen molar-refractivity contribution in [3.63, 3.8) is 0 Å². The van der Waals surface area contributed by atoms with Gasteiger partial charge in [-0.25, -0.2) is 14.4 Å². The molecular formula is C43H61NO17. The van der Waals surface area contributed by atoms with Gasteiger partial charge in [0, 0.05) is 25.2 Å². The highest BCUT2D eigenvalue weighted by Gasteiger charge is 2.78. The summed E-state index contributed by atoms with van der Waals surface area (Å²) in [6.45, 7) is 14.7. The fraction of sp³-hybridized carbons (Fsp3) is 0.791. The summed E-state index contributed by atoms with van der Waals surface area (Å²) in [5, 5.41) is 28.4. The number of amides is 1. The quantitative estimate of drug-likeness (QED) is 0.188. The lowest BCUT2D eigenvalue weighted by Crippen LogP contribution is -2.82. The number of aliphatic hydroxyl groups is 2. The van der Waals surface area contributed by atoms with E-state index < -0.39 is 136 Å². The molecule has 1 amide bonds. The standard InChI is InChI=1S/C43H61NO17/c1-20-23(57-34(49)28-30(39(6,7)35(50)58-28)44-36(51)60-38(3,4)5)18-43(53)32(59-33(48)22-15-13-12-14-16-22)29-41(10,31(47)27(56-21(2)45)26(20)40(43,8)9)24(46)17-25-42(29,19-55-25)61-37(52)54-11/h22-25,27-30,32,46,53H,12-19H2,1-11H3,(H,44,51)/t23-,24?,25-,27-,28?,29?,30-,32+,41-,42+,43-/m1/s1. The molecule has 18 nitrogen and oxygen atoms in total. The van der Waals surface area contributed by atoms with Crippen LogP contribution in [-0.4, -0.2) is 125 Å². The lowest BCUT2D eigenvalue weighted by atomic mass is 9.44. The van der Waals surface area contributed by atoms with Crippen molar-refractivity contribution in [1.29, 1.82) is 0 Å². The van der Waals surface area contributed by atoms with Gasteiger partial charge >= 0.3 is 36.1 Å². The summed E-state index contributed by atoms with van der Waals surface area (Å²) in [5.41, 5.74) is -10.1. The highest BCUT2D eigenvalue weighted by Crippen LogP contribution is 2.64. The Bertz CT molecular complexity index is 1880. The van der Waals surface area contributed by atoms with Crippen LogP contribution in [0.3, 0.4) is 0 Å². The number of Topliss-reactive ketones (excluding diaryl/α,β-unsaturated/α-hetero) is 1. The fourth-order valence-corrected chi connectivity index (χ4v) is 10.7.